The van der Waals surface area contributed by atoms with Gasteiger partial charge in [0.05, 0.1) is 11.1 Å². The predicted molar refractivity (Wildman–Crippen MR) is 95.4 cm³/mol. The van der Waals surface area contributed by atoms with Crippen LogP contribution in [0.1, 0.15) is 5.56 Å². The number of fused-ring (bicyclic) bond motifs is 1. The van der Waals surface area contributed by atoms with Crippen LogP contribution in [0.5, 0.6) is 0 Å². The second kappa shape index (κ2) is 5.48. The molecule has 0 aliphatic carbocycles. The van der Waals surface area contributed by atoms with Crippen LogP contribution in [0.2, 0.25) is 0 Å². The maximum Gasteiger partial charge on any atom is 0.266 e. The average Bonchev–Trinajstić information content (AvgIpc) is 3.01. The molecule has 2 aromatic carbocycles. The molecule has 0 saturated carbocycles. The molecule has 0 aliphatic rings. The summed E-state index contributed by atoms with van der Waals surface area (Å²) in [6.07, 6.45) is 1.62. The van der Waals surface area contributed by atoms with Crippen LogP contribution < -0.4 is 5.56 Å². The molecule has 0 spiro atoms. The minimum absolute atomic E-state index is 0.0287. The van der Waals surface area contributed by atoms with E-state index in [1.165, 1.54) is 0 Å². The summed E-state index contributed by atoms with van der Waals surface area (Å²) in [6.45, 7) is 2.01. The van der Waals surface area contributed by atoms with Gasteiger partial charge in [0.1, 0.15) is 11.2 Å². The molecule has 0 saturated heterocycles. The topological polar surface area (TPSA) is 34.9 Å². The van der Waals surface area contributed by atoms with Crippen molar-refractivity contribution in [1.82, 2.24) is 9.55 Å². The Morgan fingerprint density at radius 3 is 2.61 bits per heavy atom. The maximum absolute atomic E-state index is 12.8. The van der Waals surface area contributed by atoms with Crippen molar-refractivity contribution in [1.29, 1.82) is 0 Å². The van der Waals surface area contributed by atoms with E-state index >= 15 is 0 Å². The number of nitrogens with zero attached hydrogens (tertiary/aromatic N) is 2. The van der Waals surface area contributed by atoms with Gasteiger partial charge in [-0.05, 0) is 36.2 Å². The van der Waals surface area contributed by atoms with E-state index in [1.54, 1.807) is 22.2 Å². The van der Waals surface area contributed by atoms with Gasteiger partial charge >= 0.3 is 0 Å². The number of benzene rings is 2. The molecule has 4 aromatic rings. The van der Waals surface area contributed by atoms with Crippen molar-refractivity contribution in [2.45, 2.75) is 6.92 Å². The summed E-state index contributed by atoms with van der Waals surface area (Å²) < 4.78 is 1.61. The minimum Gasteiger partial charge on any atom is -0.268 e. The zero-order valence-corrected chi connectivity index (χ0v) is 13.4. The van der Waals surface area contributed by atoms with Gasteiger partial charge in [-0.25, -0.2) is 4.98 Å². The number of rotatable bonds is 2. The van der Waals surface area contributed by atoms with Crippen molar-refractivity contribution >= 4 is 21.6 Å². The second-order valence-corrected chi connectivity index (χ2v) is 6.48. The van der Waals surface area contributed by atoms with Gasteiger partial charge in [-0.2, -0.15) is 0 Å². The van der Waals surface area contributed by atoms with Crippen LogP contribution in [0, 0.1) is 6.92 Å². The van der Waals surface area contributed by atoms with Gasteiger partial charge in [0.2, 0.25) is 0 Å². The van der Waals surface area contributed by atoms with E-state index in [9.17, 15) is 4.79 Å². The van der Waals surface area contributed by atoms with E-state index in [0.717, 1.165) is 26.5 Å². The molecule has 0 radical (unpaired) electrons. The van der Waals surface area contributed by atoms with Gasteiger partial charge < -0.3 is 0 Å². The standard InChI is InChI=1S/C19H14N2OS/c1-13-6-5-9-15(10-13)21-12-20-18-16(19(21)22)11-17(23-18)14-7-3-2-4-8-14/h2-12H,1H3. The van der Waals surface area contributed by atoms with Crippen molar-refractivity contribution in [2.75, 3.05) is 0 Å². The molecule has 4 heteroatoms. The van der Waals surface area contributed by atoms with Crippen LogP contribution in [-0.2, 0) is 0 Å². The van der Waals surface area contributed by atoms with Crippen molar-refractivity contribution in [3.8, 4) is 16.1 Å². The first-order chi connectivity index (χ1) is 11.2. The first kappa shape index (κ1) is 13.9. The van der Waals surface area contributed by atoms with Gasteiger partial charge in [0, 0.05) is 4.88 Å². The summed E-state index contributed by atoms with van der Waals surface area (Å²) in [5, 5.41) is 0.665. The lowest BCUT2D eigenvalue weighted by atomic mass is 10.2. The first-order valence-corrected chi connectivity index (χ1v) is 8.18. The smallest absolute Gasteiger partial charge is 0.266 e. The zero-order valence-electron chi connectivity index (χ0n) is 12.6. The van der Waals surface area contributed by atoms with Crippen LogP contribution in [0.4, 0.5) is 0 Å². The van der Waals surface area contributed by atoms with Crippen LogP contribution in [0.15, 0.2) is 71.8 Å². The van der Waals surface area contributed by atoms with E-state index in [4.69, 9.17) is 0 Å². The fraction of sp³-hybridized carbons (Fsp3) is 0.0526. The molecule has 0 amide bonds. The molecule has 0 bridgehead atoms. The number of aryl methyl sites for hydroxylation is 1. The fourth-order valence-electron chi connectivity index (χ4n) is 2.63. The van der Waals surface area contributed by atoms with Crippen molar-refractivity contribution in [3.63, 3.8) is 0 Å². The highest BCUT2D eigenvalue weighted by atomic mass is 32.1. The molecule has 3 nitrogen and oxygen atoms in total. The Morgan fingerprint density at radius 2 is 1.83 bits per heavy atom. The highest BCUT2D eigenvalue weighted by Gasteiger charge is 2.11. The van der Waals surface area contributed by atoms with Gasteiger partial charge in [-0.3, -0.25) is 9.36 Å². The van der Waals surface area contributed by atoms with E-state index in [-0.39, 0.29) is 5.56 Å². The third-order valence-electron chi connectivity index (χ3n) is 3.79. The molecule has 23 heavy (non-hydrogen) atoms. The van der Waals surface area contributed by atoms with E-state index in [1.807, 2.05) is 67.6 Å². The molecule has 0 unspecified atom stereocenters. The Labute approximate surface area is 137 Å². The number of hydrogen-bond donors (Lipinski definition) is 0. The Bertz CT molecular complexity index is 1050. The molecule has 0 aliphatic heterocycles. The van der Waals surface area contributed by atoms with E-state index < -0.39 is 0 Å². The maximum atomic E-state index is 12.8. The van der Waals surface area contributed by atoms with Crippen LogP contribution in [-0.4, -0.2) is 9.55 Å². The minimum atomic E-state index is -0.0287. The van der Waals surface area contributed by atoms with Crippen molar-refractivity contribution < 1.29 is 0 Å². The summed E-state index contributed by atoms with van der Waals surface area (Å²) in [5.74, 6) is 0. The van der Waals surface area contributed by atoms with Gasteiger partial charge in [-0.1, -0.05) is 42.5 Å². The molecular weight excluding hydrogens is 304 g/mol. The lowest BCUT2D eigenvalue weighted by molar-refractivity contribution is 0.964. The fourth-order valence-corrected chi connectivity index (χ4v) is 3.62. The normalized spacial score (nSPS) is 11.0. The molecule has 2 aromatic heterocycles. The molecule has 2 heterocycles. The van der Waals surface area contributed by atoms with E-state index in [0.29, 0.717) is 5.39 Å². The Hall–Kier alpha value is -2.72. The van der Waals surface area contributed by atoms with Gasteiger partial charge in [-0.15, -0.1) is 11.3 Å². The van der Waals surface area contributed by atoms with Gasteiger partial charge in [0.15, 0.2) is 0 Å². The Morgan fingerprint density at radius 1 is 1.00 bits per heavy atom. The monoisotopic (exact) mass is 318 g/mol. The first-order valence-electron chi connectivity index (χ1n) is 7.36. The largest absolute Gasteiger partial charge is 0.268 e. The van der Waals surface area contributed by atoms with Crippen LogP contribution in [0.25, 0.3) is 26.3 Å². The zero-order chi connectivity index (χ0) is 15.8. The summed E-state index contributed by atoms with van der Waals surface area (Å²) in [7, 11) is 0. The summed E-state index contributed by atoms with van der Waals surface area (Å²) >= 11 is 1.55. The van der Waals surface area contributed by atoms with Gasteiger partial charge in [0.25, 0.3) is 5.56 Å². The highest BCUT2D eigenvalue weighted by molar-refractivity contribution is 7.21. The summed E-state index contributed by atoms with van der Waals surface area (Å²) in [5.41, 5.74) is 3.04. The molecule has 0 fully saturated rings. The van der Waals surface area contributed by atoms with Crippen LogP contribution in [0.3, 0.4) is 0 Å². The quantitative estimate of drug-likeness (QED) is 0.548. The molecule has 0 atom stereocenters. The number of thiophene rings is 1. The third kappa shape index (κ3) is 2.47. The highest BCUT2D eigenvalue weighted by Crippen LogP contribution is 2.30. The van der Waals surface area contributed by atoms with Crippen molar-refractivity contribution in [2.24, 2.45) is 0 Å². The predicted octanol–water partition coefficient (Wildman–Crippen LogP) is 4.42. The Kier molecular flexibility index (Phi) is 3.32. The number of aromatic nitrogens is 2. The summed E-state index contributed by atoms with van der Waals surface area (Å²) in [6, 6.07) is 19.9. The number of hydrogen-bond acceptors (Lipinski definition) is 3. The molecule has 4 rings (SSSR count). The van der Waals surface area contributed by atoms with E-state index in [2.05, 4.69) is 4.98 Å². The molecule has 112 valence electrons. The van der Waals surface area contributed by atoms with Crippen molar-refractivity contribution in [3.05, 3.63) is 82.9 Å². The second-order valence-electron chi connectivity index (χ2n) is 5.45. The molecular formula is C19H14N2OS. The third-order valence-corrected chi connectivity index (χ3v) is 4.88. The Balaban J connectivity index is 1.91. The lowest BCUT2D eigenvalue weighted by Gasteiger charge is -2.05. The van der Waals surface area contributed by atoms with Crippen LogP contribution >= 0.6 is 11.3 Å². The lowest BCUT2D eigenvalue weighted by Crippen LogP contribution is -2.17. The summed E-state index contributed by atoms with van der Waals surface area (Å²) in [4.78, 5) is 19.1. The molecule has 0 N–H and O–H groups in total. The SMILES string of the molecule is Cc1cccc(-n2cnc3sc(-c4ccccc4)cc3c2=O)c1. The average molecular weight is 318 g/mol.